The van der Waals surface area contributed by atoms with Gasteiger partial charge in [-0.1, -0.05) is 11.6 Å². The number of carbonyl (C=O) groups excluding carboxylic acids is 1. The van der Waals surface area contributed by atoms with E-state index in [1.165, 1.54) is 0 Å². The maximum atomic E-state index is 10.7. The van der Waals surface area contributed by atoms with Gasteiger partial charge in [-0.05, 0) is 18.2 Å². The molecule has 74 valence electrons. The van der Waals surface area contributed by atoms with Gasteiger partial charge in [0.1, 0.15) is 6.07 Å². The van der Waals surface area contributed by atoms with Crippen molar-refractivity contribution in [3.05, 3.63) is 34.5 Å². The standard InChI is InChI=1S/C11H7ClN2O/c1-14-9(6-15)3-7-2-8(5-13)10(12)4-11(7)14/h2-4,6H,1H3. The number of hydrogen-bond acceptors (Lipinski definition) is 2. The van der Waals surface area contributed by atoms with Crippen molar-refractivity contribution < 1.29 is 4.79 Å². The van der Waals surface area contributed by atoms with Gasteiger partial charge in [-0.3, -0.25) is 4.79 Å². The van der Waals surface area contributed by atoms with Crippen molar-refractivity contribution in [3.8, 4) is 6.07 Å². The topological polar surface area (TPSA) is 45.8 Å². The summed E-state index contributed by atoms with van der Waals surface area (Å²) in [5.74, 6) is 0. The number of aldehydes is 1. The van der Waals surface area contributed by atoms with E-state index in [-0.39, 0.29) is 0 Å². The first-order valence-electron chi connectivity index (χ1n) is 4.31. The molecule has 0 radical (unpaired) electrons. The van der Waals surface area contributed by atoms with E-state index in [0.717, 1.165) is 17.2 Å². The monoisotopic (exact) mass is 218 g/mol. The van der Waals surface area contributed by atoms with Crippen LogP contribution in [0.15, 0.2) is 18.2 Å². The second-order valence-corrected chi connectivity index (χ2v) is 3.66. The van der Waals surface area contributed by atoms with Gasteiger partial charge in [-0.2, -0.15) is 5.26 Å². The highest BCUT2D eigenvalue weighted by Crippen LogP contribution is 2.25. The van der Waals surface area contributed by atoms with E-state index in [4.69, 9.17) is 16.9 Å². The lowest BCUT2D eigenvalue weighted by Gasteiger charge is -1.99. The minimum atomic E-state index is 0.406. The van der Waals surface area contributed by atoms with Crippen LogP contribution >= 0.6 is 11.6 Å². The summed E-state index contributed by atoms with van der Waals surface area (Å²) in [5.41, 5.74) is 1.84. The predicted molar refractivity (Wildman–Crippen MR) is 58.0 cm³/mol. The van der Waals surface area contributed by atoms with Crippen LogP contribution in [0.1, 0.15) is 16.1 Å². The van der Waals surface area contributed by atoms with E-state index < -0.39 is 0 Å². The van der Waals surface area contributed by atoms with Crippen molar-refractivity contribution in [2.75, 3.05) is 0 Å². The minimum Gasteiger partial charge on any atom is -0.341 e. The number of aryl methyl sites for hydroxylation is 1. The van der Waals surface area contributed by atoms with E-state index in [9.17, 15) is 4.79 Å². The second-order valence-electron chi connectivity index (χ2n) is 3.25. The molecule has 0 spiro atoms. The van der Waals surface area contributed by atoms with Crippen molar-refractivity contribution in [2.24, 2.45) is 7.05 Å². The largest absolute Gasteiger partial charge is 0.341 e. The number of benzene rings is 1. The number of fused-ring (bicyclic) bond motifs is 1. The fourth-order valence-corrected chi connectivity index (χ4v) is 1.78. The van der Waals surface area contributed by atoms with Gasteiger partial charge in [0.25, 0.3) is 0 Å². The van der Waals surface area contributed by atoms with Crippen LogP contribution in [0.2, 0.25) is 5.02 Å². The molecule has 0 aliphatic carbocycles. The molecule has 4 heteroatoms. The molecule has 0 aliphatic rings. The van der Waals surface area contributed by atoms with Gasteiger partial charge in [0.2, 0.25) is 0 Å². The number of nitriles is 1. The van der Waals surface area contributed by atoms with Gasteiger partial charge < -0.3 is 4.57 Å². The average molecular weight is 219 g/mol. The number of aromatic nitrogens is 1. The summed E-state index contributed by atoms with van der Waals surface area (Å²) in [7, 11) is 1.79. The van der Waals surface area contributed by atoms with Crippen LogP contribution in [0.4, 0.5) is 0 Å². The Morgan fingerprint density at radius 3 is 2.80 bits per heavy atom. The van der Waals surface area contributed by atoms with Crippen LogP contribution in [0.5, 0.6) is 0 Å². The lowest BCUT2D eigenvalue weighted by atomic mass is 10.2. The SMILES string of the molecule is Cn1c(C=O)cc2cc(C#N)c(Cl)cc21. The van der Waals surface area contributed by atoms with Crippen LogP contribution in [0.25, 0.3) is 10.9 Å². The second kappa shape index (κ2) is 3.41. The summed E-state index contributed by atoms with van der Waals surface area (Å²) in [6, 6.07) is 7.12. The summed E-state index contributed by atoms with van der Waals surface area (Å²) >= 11 is 5.90. The number of carbonyl (C=O) groups is 1. The number of hydrogen-bond donors (Lipinski definition) is 0. The molecular formula is C11H7ClN2O. The first-order valence-corrected chi connectivity index (χ1v) is 4.69. The summed E-state index contributed by atoms with van der Waals surface area (Å²) in [5, 5.41) is 10.1. The maximum absolute atomic E-state index is 10.7. The van der Waals surface area contributed by atoms with Crippen LogP contribution in [-0.2, 0) is 7.05 Å². The quantitative estimate of drug-likeness (QED) is 0.691. The highest BCUT2D eigenvalue weighted by molar-refractivity contribution is 6.32. The molecule has 3 nitrogen and oxygen atoms in total. The molecule has 1 aromatic heterocycles. The normalized spacial score (nSPS) is 10.2. The molecule has 2 rings (SSSR count). The van der Waals surface area contributed by atoms with Gasteiger partial charge >= 0.3 is 0 Å². The molecule has 2 aromatic rings. The summed E-state index contributed by atoms with van der Waals surface area (Å²) in [4.78, 5) is 10.7. The van der Waals surface area contributed by atoms with Crippen molar-refractivity contribution in [1.29, 1.82) is 5.26 Å². The van der Waals surface area contributed by atoms with Gasteiger partial charge in [0.15, 0.2) is 6.29 Å². The fraction of sp³-hybridized carbons (Fsp3) is 0.0909. The molecule has 0 unspecified atom stereocenters. The third-order valence-electron chi connectivity index (χ3n) is 2.41. The molecule has 0 bridgehead atoms. The van der Waals surface area contributed by atoms with Gasteiger partial charge in [-0.15, -0.1) is 0 Å². The Balaban J connectivity index is 2.86. The number of halogens is 1. The van der Waals surface area contributed by atoms with E-state index in [0.29, 0.717) is 16.3 Å². The van der Waals surface area contributed by atoms with Gasteiger partial charge in [0.05, 0.1) is 16.3 Å². The minimum absolute atomic E-state index is 0.406. The average Bonchev–Trinajstić information content (AvgIpc) is 2.54. The molecule has 0 fully saturated rings. The predicted octanol–water partition coefficient (Wildman–Crippen LogP) is 2.52. The molecule has 0 saturated carbocycles. The van der Waals surface area contributed by atoms with Gasteiger partial charge in [-0.25, -0.2) is 0 Å². The molecule has 0 saturated heterocycles. The molecule has 1 aromatic carbocycles. The maximum Gasteiger partial charge on any atom is 0.166 e. The third-order valence-corrected chi connectivity index (χ3v) is 2.72. The number of rotatable bonds is 1. The van der Waals surface area contributed by atoms with Crippen LogP contribution in [0.3, 0.4) is 0 Å². The molecule has 0 atom stereocenters. The van der Waals surface area contributed by atoms with Crippen molar-refractivity contribution in [3.63, 3.8) is 0 Å². The Hall–Kier alpha value is -1.79. The molecule has 0 N–H and O–H groups in total. The highest BCUT2D eigenvalue weighted by atomic mass is 35.5. The molecule has 0 aliphatic heterocycles. The fourth-order valence-electron chi connectivity index (χ4n) is 1.58. The first kappa shape index (κ1) is 9.75. The zero-order valence-electron chi connectivity index (χ0n) is 7.99. The number of nitrogens with zero attached hydrogens (tertiary/aromatic N) is 2. The molecule has 15 heavy (non-hydrogen) atoms. The van der Waals surface area contributed by atoms with E-state index in [2.05, 4.69) is 0 Å². The Morgan fingerprint density at radius 1 is 1.47 bits per heavy atom. The van der Waals surface area contributed by atoms with Crippen molar-refractivity contribution in [2.45, 2.75) is 0 Å². The van der Waals surface area contributed by atoms with Gasteiger partial charge in [0, 0.05) is 18.0 Å². The molecule has 1 heterocycles. The van der Waals surface area contributed by atoms with E-state index in [1.807, 2.05) is 6.07 Å². The van der Waals surface area contributed by atoms with Crippen LogP contribution in [0, 0.1) is 11.3 Å². The van der Waals surface area contributed by atoms with Crippen LogP contribution in [-0.4, -0.2) is 10.9 Å². The smallest absolute Gasteiger partial charge is 0.166 e. The zero-order valence-corrected chi connectivity index (χ0v) is 8.75. The lowest BCUT2D eigenvalue weighted by molar-refractivity contribution is 0.111. The van der Waals surface area contributed by atoms with Crippen molar-refractivity contribution >= 4 is 28.8 Å². The van der Waals surface area contributed by atoms with Crippen LogP contribution < -0.4 is 0 Å². The Morgan fingerprint density at radius 2 is 2.20 bits per heavy atom. The Bertz CT molecular complexity index is 593. The molecular weight excluding hydrogens is 212 g/mol. The molecule has 0 amide bonds. The summed E-state index contributed by atoms with van der Waals surface area (Å²) in [6.07, 6.45) is 0.778. The van der Waals surface area contributed by atoms with E-state index in [1.54, 1.807) is 29.8 Å². The summed E-state index contributed by atoms with van der Waals surface area (Å²) < 4.78 is 1.75. The zero-order chi connectivity index (χ0) is 11.0. The van der Waals surface area contributed by atoms with Crippen molar-refractivity contribution in [1.82, 2.24) is 4.57 Å². The van der Waals surface area contributed by atoms with E-state index >= 15 is 0 Å². The Kier molecular flexibility index (Phi) is 2.22. The highest BCUT2D eigenvalue weighted by Gasteiger charge is 2.08. The first-order chi connectivity index (χ1) is 7.17. The lowest BCUT2D eigenvalue weighted by Crippen LogP contribution is -1.93. The third kappa shape index (κ3) is 1.39. The Labute approximate surface area is 91.5 Å². The summed E-state index contributed by atoms with van der Waals surface area (Å²) in [6.45, 7) is 0.